The van der Waals surface area contributed by atoms with Gasteiger partial charge in [0.15, 0.2) is 23.0 Å². The largest absolute Gasteiger partial charge is 0.504 e. The summed E-state index contributed by atoms with van der Waals surface area (Å²) in [5.41, 5.74) is 0.734. The van der Waals surface area contributed by atoms with E-state index in [0.717, 1.165) is 0 Å². The maximum atomic E-state index is 12.6. The second-order valence-corrected chi connectivity index (χ2v) is 6.34. The highest BCUT2D eigenvalue weighted by Gasteiger charge is 2.43. The van der Waals surface area contributed by atoms with E-state index in [-0.39, 0.29) is 28.8 Å². The van der Waals surface area contributed by atoms with E-state index in [2.05, 4.69) is 0 Å². The van der Waals surface area contributed by atoms with Gasteiger partial charge in [-0.3, -0.25) is 9.59 Å². The standard InChI is InChI=1S/C19H25NO5/c1-5-9-20-16(12-7-8-13(21)14(10-12)25-6-2)15(17(22)11(3)4)18(23)19(20)24/h7-8,10-11,16,21,23H,5-6,9H2,1-4H3. The topological polar surface area (TPSA) is 87.1 Å². The number of rotatable bonds is 7. The van der Waals surface area contributed by atoms with Gasteiger partial charge in [-0.15, -0.1) is 0 Å². The molecule has 0 saturated carbocycles. The number of aliphatic hydroxyl groups is 1. The number of carbonyl (C=O) groups excluding carboxylic acids is 2. The van der Waals surface area contributed by atoms with Crippen LogP contribution in [0.15, 0.2) is 29.5 Å². The lowest BCUT2D eigenvalue weighted by Gasteiger charge is -2.27. The Labute approximate surface area is 147 Å². The molecule has 2 rings (SSSR count). The Morgan fingerprint density at radius 1 is 1.28 bits per heavy atom. The molecular formula is C19H25NO5. The molecule has 25 heavy (non-hydrogen) atoms. The number of aromatic hydroxyl groups is 1. The van der Waals surface area contributed by atoms with Crippen LogP contribution in [0.4, 0.5) is 0 Å². The van der Waals surface area contributed by atoms with Crippen molar-refractivity contribution in [1.82, 2.24) is 4.90 Å². The Hall–Kier alpha value is -2.50. The number of ether oxygens (including phenoxy) is 1. The monoisotopic (exact) mass is 347 g/mol. The zero-order valence-corrected chi connectivity index (χ0v) is 15.1. The summed E-state index contributed by atoms with van der Waals surface area (Å²) in [4.78, 5) is 26.6. The fourth-order valence-electron chi connectivity index (χ4n) is 3.01. The van der Waals surface area contributed by atoms with Gasteiger partial charge in [0.1, 0.15) is 0 Å². The number of aliphatic hydroxyl groups excluding tert-OH is 1. The summed E-state index contributed by atoms with van der Waals surface area (Å²) in [6.45, 7) is 7.97. The van der Waals surface area contributed by atoms with E-state index in [1.165, 1.54) is 11.0 Å². The van der Waals surface area contributed by atoms with Crippen LogP contribution < -0.4 is 4.74 Å². The van der Waals surface area contributed by atoms with Crippen molar-refractivity contribution in [3.8, 4) is 11.5 Å². The first-order valence-electron chi connectivity index (χ1n) is 8.57. The van der Waals surface area contributed by atoms with Crippen LogP contribution in [0.2, 0.25) is 0 Å². The number of ketones is 1. The van der Waals surface area contributed by atoms with Crippen molar-refractivity contribution < 1.29 is 24.5 Å². The molecule has 6 nitrogen and oxygen atoms in total. The molecule has 0 bridgehead atoms. The molecule has 1 unspecified atom stereocenters. The van der Waals surface area contributed by atoms with E-state index in [9.17, 15) is 19.8 Å². The minimum Gasteiger partial charge on any atom is -0.504 e. The highest BCUT2D eigenvalue weighted by Crippen LogP contribution is 2.41. The number of carbonyl (C=O) groups is 2. The normalized spacial score (nSPS) is 17.6. The van der Waals surface area contributed by atoms with Gasteiger partial charge in [0, 0.05) is 12.5 Å². The SMILES string of the molecule is CCCN1C(=O)C(O)=C(C(=O)C(C)C)C1c1ccc(O)c(OCC)c1. The molecule has 6 heteroatoms. The Bertz CT molecular complexity index is 708. The average molecular weight is 347 g/mol. The number of benzene rings is 1. The van der Waals surface area contributed by atoms with Gasteiger partial charge in [0.05, 0.1) is 18.2 Å². The molecule has 0 fully saturated rings. The van der Waals surface area contributed by atoms with Gasteiger partial charge >= 0.3 is 0 Å². The third-order valence-corrected chi connectivity index (χ3v) is 4.16. The van der Waals surface area contributed by atoms with Gasteiger partial charge in [0.25, 0.3) is 5.91 Å². The van der Waals surface area contributed by atoms with E-state index in [1.54, 1.807) is 32.9 Å². The van der Waals surface area contributed by atoms with Crippen molar-refractivity contribution in [2.75, 3.05) is 13.2 Å². The Kier molecular flexibility index (Phi) is 5.72. The summed E-state index contributed by atoms with van der Waals surface area (Å²) in [6.07, 6.45) is 0.690. The van der Waals surface area contributed by atoms with E-state index in [4.69, 9.17) is 4.74 Å². The number of nitrogens with zero attached hydrogens (tertiary/aromatic N) is 1. The van der Waals surface area contributed by atoms with Crippen molar-refractivity contribution in [1.29, 1.82) is 0 Å². The van der Waals surface area contributed by atoms with Gasteiger partial charge in [-0.2, -0.15) is 0 Å². The van der Waals surface area contributed by atoms with Crippen LogP contribution in [-0.4, -0.2) is 40.0 Å². The number of phenolic OH excluding ortho intramolecular Hbond substituents is 1. The maximum absolute atomic E-state index is 12.6. The quantitative estimate of drug-likeness (QED) is 0.791. The molecule has 1 amide bonds. The van der Waals surface area contributed by atoms with Crippen molar-refractivity contribution in [3.63, 3.8) is 0 Å². The molecule has 1 aromatic rings. The van der Waals surface area contributed by atoms with Crippen LogP contribution in [0.25, 0.3) is 0 Å². The lowest BCUT2D eigenvalue weighted by Crippen LogP contribution is -2.32. The number of hydrogen-bond acceptors (Lipinski definition) is 5. The number of hydrogen-bond donors (Lipinski definition) is 2. The lowest BCUT2D eigenvalue weighted by atomic mass is 9.91. The molecular weight excluding hydrogens is 322 g/mol. The minimum atomic E-state index is -0.679. The molecule has 136 valence electrons. The molecule has 1 aliphatic rings. The van der Waals surface area contributed by atoms with Crippen molar-refractivity contribution in [2.24, 2.45) is 5.92 Å². The first-order chi connectivity index (χ1) is 11.8. The Morgan fingerprint density at radius 2 is 1.96 bits per heavy atom. The summed E-state index contributed by atoms with van der Waals surface area (Å²) in [7, 11) is 0. The van der Waals surface area contributed by atoms with Crippen LogP contribution >= 0.6 is 0 Å². The van der Waals surface area contributed by atoms with Crippen LogP contribution in [0.5, 0.6) is 11.5 Å². The summed E-state index contributed by atoms with van der Waals surface area (Å²) in [5.74, 6) is -1.36. The summed E-state index contributed by atoms with van der Waals surface area (Å²) >= 11 is 0. The molecule has 0 aliphatic carbocycles. The van der Waals surface area contributed by atoms with Crippen molar-refractivity contribution in [3.05, 3.63) is 35.1 Å². The minimum absolute atomic E-state index is 0.0121. The number of amides is 1. The molecule has 1 aromatic carbocycles. The zero-order chi connectivity index (χ0) is 18.7. The van der Waals surface area contributed by atoms with E-state index in [1.807, 2.05) is 6.92 Å². The first-order valence-corrected chi connectivity index (χ1v) is 8.57. The van der Waals surface area contributed by atoms with Crippen molar-refractivity contribution >= 4 is 11.7 Å². The van der Waals surface area contributed by atoms with Crippen LogP contribution in [0.3, 0.4) is 0 Å². The number of phenols is 1. The van der Waals surface area contributed by atoms with E-state index >= 15 is 0 Å². The predicted molar refractivity (Wildman–Crippen MR) is 93.5 cm³/mol. The molecule has 0 aromatic heterocycles. The van der Waals surface area contributed by atoms with E-state index in [0.29, 0.717) is 25.1 Å². The molecule has 2 N–H and O–H groups in total. The van der Waals surface area contributed by atoms with Crippen LogP contribution in [0.1, 0.15) is 45.7 Å². The summed E-state index contributed by atoms with van der Waals surface area (Å²) < 4.78 is 5.41. The highest BCUT2D eigenvalue weighted by atomic mass is 16.5. The first kappa shape index (κ1) is 18.8. The predicted octanol–water partition coefficient (Wildman–Crippen LogP) is 3.12. The van der Waals surface area contributed by atoms with Gasteiger partial charge in [-0.05, 0) is 31.0 Å². The smallest absolute Gasteiger partial charge is 0.290 e. The Morgan fingerprint density at radius 3 is 2.52 bits per heavy atom. The molecule has 1 aliphatic heterocycles. The van der Waals surface area contributed by atoms with Gasteiger partial charge in [-0.1, -0.05) is 26.8 Å². The number of Topliss-reactive ketones (excluding diaryl/α,β-unsaturated/α-hetero) is 1. The maximum Gasteiger partial charge on any atom is 0.290 e. The molecule has 0 radical (unpaired) electrons. The highest BCUT2D eigenvalue weighted by molar-refractivity contribution is 6.09. The molecule has 0 saturated heterocycles. The van der Waals surface area contributed by atoms with Crippen LogP contribution in [0, 0.1) is 5.92 Å². The Balaban J connectivity index is 2.58. The molecule has 0 spiro atoms. The lowest BCUT2D eigenvalue weighted by molar-refractivity contribution is -0.129. The third kappa shape index (κ3) is 3.48. The fraction of sp³-hybridized carbons (Fsp3) is 0.474. The summed E-state index contributed by atoms with van der Waals surface area (Å²) in [5, 5.41) is 20.2. The third-order valence-electron chi connectivity index (χ3n) is 4.16. The summed E-state index contributed by atoms with van der Waals surface area (Å²) in [6, 6.07) is 4.06. The zero-order valence-electron chi connectivity index (χ0n) is 15.1. The second-order valence-electron chi connectivity index (χ2n) is 6.34. The van der Waals surface area contributed by atoms with Gasteiger partial charge in [-0.25, -0.2) is 0 Å². The average Bonchev–Trinajstić information content (AvgIpc) is 2.81. The van der Waals surface area contributed by atoms with Crippen LogP contribution in [-0.2, 0) is 9.59 Å². The van der Waals surface area contributed by atoms with Gasteiger partial charge in [0.2, 0.25) is 0 Å². The van der Waals surface area contributed by atoms with Crippen molar-refractivity contribution in [2.45, 2.75) is 40.2 Å². The fourth-order valence-corrected chi connectivity index (χ4v) is 3.01. The molecule has 1 atom stereocenters. The second kappa shape index (κ2) is 7.59. The van der Waals surface area contributed by atoms with Gasteiger partial charge < -0.3 is 19.8 Å². The van der Waals surface area contributed by atoms with E-state index < -0.39 is 17.7 Å². The molecule has 1 heterocycles.